The first-order chi connectivity index (χ1) is 15.6. The number of alkyl halides is 17. The van der Waals surface area contributed by atoms with Crippen LogP contribution >= 0.6 is 0 Å². The Balaban J connectivity index is 3.64. The molecule has 1 aromatic rings. The van der Waals surface area contributed by atoms with E-state index >= 15 is 0 Å². The molecule has 0 spiro atoms. The summed E-state index contributed by atoms with van der Waals surface area (Å²) in [4.78, 5) is 0. The molecule has 0 bridgehead atoms. The maximum Gasteiger partial charge on any atom is 0.460 e. The van der Waals surface area contributed by atoms with Gasteiger partial charge in [0.25, 0.3) is 0 Å². The van der Waals surface area contributed by atoms with Gasteiger partial charge < -0.3 is 0 Å². The van der Waals surface area contributed by atoms with Crippen LogP contribution in [0.1, 0.15) is 43.7 Å². The molecular weight excluding hydrogens is 551 g/mol. The lowest BCUT2D eigenvalue weighted by Crippen LogP contribution is -2.74. The van der Waals surface area contributed by atoms with Crippen molar-refractivity contribution in [3.63, 3.8) is 0 Å². The van der Waals surface area contributed by atoms with Crippen molar-refractivity contribution in [3.8, 4) is 0 Å². The van der Waals surface area contributed by atoms with Gasteiger partial charge in [0.2, 0.25) is 0 Å². The van der Waals surface area contributed by atoms with E-state index in [4.69, 9.17) is 0 Å². The predicted molar refractivity (Wildman–Crippen MR) is 89.6 cm³/mol. The zero-order chi connectivity index (χ0) is 29.1. The average molecular weight is 566 g/mol. The molecule has 0 nitrogen and oxygen atoms in total. The first-order valence-corrected chi connectivity index (χ1v) is 9.38. The second-order valence-electron chi connectivity index (χ2n) is 8.11. The molecule has 0 radical (unpaired) electrons. The summed E-state index contributed by atoms with van der Waals surface area (Å²) in [6.45, 7) is 3.18. The van der Waals surface area contributed by atoms with Gasteiger partial charge in [0, 0.05) is 0 Å². The Labute approximate surface area is 191 Å². The third-order valence-electron chi connectivity index (χ3n) is 5.39. The molecular formula is C19H15F17. The van der Waals surface area contributed by atoms with Crippen LogP contribution in [0.15, 0.2) is 24.3 Å². The van der Waals surface area contributed by atoms with Gasteiger partial charge in [0.05, 0.1) is 5.92 Å². The Morgan fingerprint density at radius 2 is 0.694 bits per heavy atom. The molecule has 1 aromatic carbocycles. The third kappa shape index (κ3) is 4.27. The summed E-state index contributed by atoms with van der Waals surface area (Å²) in [6.07, 6.45) is -7.77. The van der Waals surface area contributed by atoms with E-state index in [1.807, 2.05) is 0 Å². The quantitative estimate of drug-likeness (QED) is 0.262. The fourth-order valence-corrected chi connectivity index (χ4v) is 2.83. The highest BCUT2D eigenvalue weighted by Gasteiger charge is 2.95. The molecule has 0 saturated carbocycles. The van der Waals surface area contributed by atoms with Crippen LogP contribution < -0.4 is 0 Å². The van der Waals surface area contributed by atoms with Gasteiger partial charge in [-0.2, -0.15) is 74.6 Å². The fraction of sp³-hybridized carbons (Fsp3) is 0.684. The number of benzene rings is 1. The molecule has 0 aromatic heterocycles. The van der Waals surface area contributed by atoms with E-state index in [9.17, 15) is 74.6 Å². The summed E-state index contributed by atoms with van der Waals surface area (Å²) in [6, 6.07) is 3.33. The van der Waals surface area contributed by atoms with E-state index in [2.05, 4.69) is 0 Å². The van der Waals surface area contributed by atoms with Crippen LogP contribution in [-0.4, -0.2) is 47.6 Å². The molecule has 0 heterocycles. The number of hydrogen-bond donors (Lipinski definition) is 0. The van der Waals surface area contributed by atoms with Crippen molar-refractivity contribution < 1.29 is 74.6 Å². The maximum absolute atomic E-state index is 14.3. The molecule has 1 atom stereocenters. The van der Waals surface area contributed by atoms with Gasteiger partial charge in [-0.1, -0.05) is 45.0 Å². The highest BCUT2D eigenvalue weighted by Crippen LogP contribution is 2.65. The summed E-state index contributed by atoms with van der Waals surface area (Å²) in [5.74, 6) is -59.8. The molecule has 0 saturated heterocycles. The Morgan fingerprint density at radius 3 is 1.00 bits per heavy atom. The van der Waals surface area contributed by atoms with Crippen molar-refractivity contribution in [2.24, 2.45) is 0 Å². The van der Waals surface area contributed by atoms with Crippen LogP contribution in [0.3, 0.4) is 0 Å². The number of rotatable bonds is 9. The number of halogens is 17. The van der Waals surface area contributed by atoms with Gasteiger partial charge in [-0.25, -0.2) is 0 Å². The van der Waals surface area contributed by atoms with Crippen LogP contribution in [0.2, 0.25) is 0 Å². The summed E-state index contributed by atoms with van der Waals surface area (Å²) in [5, 5.41) is 0. The maximum atomic E-state index is 14.3. The minimum atomic E-state index is -8.62. The number of hydrogen-bond acceptors (Lipinski definition) is 0. The van der Waals surface area contributed by atoms with Crippen molar-refractivity contribution >= 4 is 0 Å². The van der Waals surface area contributed by atoms with Crippen LogP contribution in [0.25, 0.3) is 0 Å². The van der Waals surface area contributed by atoms with E-state index in [-0.39, 0.29) is 12.8 Å². The molecule has 0 aliphatic rings. The van der Waals surface area contributed by atoms with Crippen molar-refractivity contribution in [2.45, 2.75) is 80.2 Å². The average Bonchev–Trinajstić information content (AvgIpc) is 2.71. The third-order valence-corrected chi connectivity index (χ3v) is 5.39. The van der Waals surface area contributed by atoms with Crippen molar-refractivity contribution in [2.75, 3.05) is 0 Å². The molecule has 1 unspecified atom stereocenters. The molecule has 0 aliphatic carbocycles. The second kappa shape index (κ2) is 8.81. The molecule has 210 valence electrons. The normalized spacial score (nSPS) is 16.5. The zero-order valence-corrected chi connectivity index (χ0v) is 17.9. The summed E-state index contributed by atoms with van der Waals surface area (Å²) in [5.41, 5.74) is -0.575. The summed E-state index contributed by atoms with van der Waals surface area (Å²) in [7, 11) is 0. The lowest BCUT2D eigenvalue weighted by atomic mass is 9.83. The molecule has 1 rings (SSSR count). The van der Waals surface area contributed by atoms with Gasteiger partial charge in [-0.15, -0.1) is 0 Å². The zero-order valence-electron chi connectivity index (χ0n) is 17.9. The van der Waals surface area contributed by atoms with E-state index in [0.717, 1.165) is 12.1 Å². The minimum Gasteiger partial charge on any atom is -0.199 e. The Bertz CT molecular complexity index is 909. The largest absolute Gasteiger partial charge is 0.460 e. The fourth-order valence-electron chi connectivity index (χ4n) is 2.83. The lowest BCUT2D eigenvalue weighted by molar-refractivity contribution is -0.462. The van der Waals surface area contributed by atoms with Crippen molar-refractivity contribution in [3.05, 3.63) is 35.4 Å². The second-order valence-corrected chi connectivity index (χ2v) is 8.11. The van der Waals surface area contributed by atoms with Gasteiger partial charge in [-0.3, -0.25) is 0 Å². The van der Waals surface area contributed by atoms with Crippen LogP contribution in [0, 0.1) is 0 Å². The van der Waals surface area contributed by atoms with E-state index < -0.39 is 59.1 Å². The van der Waals surface area contributed by atoms with E-state index in [0.29, 0.717) is 17.7 Å². The Morgan fingerprint density at radius 1 is 0.417 bits per heavy atom. The molecule has 0 N–H and O–H groups in total. The molecule has 36 heavy (non-hydrogen) atoms. The van der Waals surface area contributed by atoms with Crippen LogP contribution in [0.4, 0.5) is 74.6 Å². The smallest absolute Gasteiger partial charge is 0.199 e. The van der Waals surface area contributed by atoms with Crippen molar-refractivity contribution in [1.82, 2.24) is 0 Å². The molecule has 17 heteroatoms. The molecule has 0 aliphatic heterocycles. The Hall–Kier alpha value is -1.97. The van der Waals surface area contributed by atoms with Gasteiger partial charge in [0.1, 0.15) is 0 Å². The topological polar surface area (TPSA) is 0 Å². The van der Waals surface area contributed by atoms with Crippen molar-refractivity contribution in [1.29, 1.82) is 0 Å². The first kappa shape index (κ1) is 32.1. The van der Waals surface area contributed by atoms with E-state index in [1.165, 1.54) is 0 Å². The summed E-state index contributed by atoms with van der Waals surface area (Å²) < 4.78 is 228. The highest BCUT2D eigenvalue weighted by molar-refractivity contribution is 5.29. The van der Waals surface area contributed by atoms with Gasteiger partial charge in [0.15, 0.2) is 0 Å². The molecule has 0 amide bonds. The van der Waals surface area contributed by atoms with Crippen LogP contribution in [0.5, 0.6) is 0 Å². The van der Waals surface area contributed by atoms with Gasteiger partial charge >= 0.3 is 47.6 Å². The first-order valence-electron chi connectivity index (χ1n) is 9.38. The van der Waals surface area contributed by atoms with Crippen LogP contribution in [-0.2, 0) is 0 Å². The predicted octanol–water partition coefficient (Wildman–Crippen LogP) is 8.92. The van der Waals surface area contributed by atoms with E-state index in [1.54, 1.807) is 13.8 Å². The minimum absolute atomic E-state index is 0.0388. The lowest BCUT2D eigenvalue weighted by Gasteiger charge is -2.43. The Kier molecular flexibility index (Phi) is 7.84. The molecule has 0 fully saturated rings. The summed E-state index contributed by atoms with van der Waals surface area (Å²) >= 11 is 0. The monoisotopic (exact) mass is 566 g/mol. The highest BCUT2D eigenvalue weighted by atomic mass is 19.4. The SMILES string of the molecule is CC(C)c1ccc(C(C)C(F)(F)C(F)(F)C(F)(F)C(F)(F)C(F)(F)C(F)(F)C(F)(F)C(F)(F)F)cc1. The van der Waals surface area contributed by atoms with Gasteiger partial charge in [-0.05, 0) is 17.0 Å². The standard InChI is InChI=1S/C19H15F17/c1-8(2)10-4-6-11(7-5-10)9(3)12(20,21)13(22,23)14(24,25)15(26,27)16(28,29)17(30,31)18(32,33)19(34,35)36/h4-9H,1-3H3.